The Kier molecular flexibility index (Phi) is 4.58. The van der Waals surface area contributed by atoms with Crippen LogP contribution in [0, 0.1) is 5.92 Å². The molecular weight excluding hydrogens is 252 g/mol. The SMILES string of the molecule is O=C(CNCC(O)C1CC1)Nc1ccccc1Cl. The monoisotopic (exact) mass is 268 g/mol. The number of hydrogen-bond donors (Lipinski definition) is 3. The first-order chi connectivity index (χ1) is 8.66. The molecule has 3 N–H and O–H groups in total. The van der Waals surface area contributed by atoms with Gasteiger partial charge in [-0.3, -0.25) is 4.79 Å². The first-order valence-corrected chi connectivity index (χ1v) is 6.48. The molecule has 0 radical (unpaired) electrons. The Hall–Kier alpha value is -1.10. The second kappa shape index (κ2) is 6.18. The van der Waals surface area contributed by atoms with Gasteiger partial charge in [-0.15, -0.1) is 0 Å². The number of nitrogens with one attached hydrogen (secondary N) is 2. The van der Waals surface area contributed by atoms with E-state index in [1.54, 1.807) is 12.1 Å². The minimum atomic E-state index is -0.335. The molecule has 0 bridgehead atoms. The fourth-order valence-corrected chi connectivity index (χ4v) is 1.92. The van der Waals surface area contributed by atoms with E-state index in [0.717, 1.165) is 12.8 Å². The lowest BCUT2D eigenvalue weighted by atomic mass is 10.2. The normalized spacial score (nSPS) is 16.3. The number of rotatable bonds is 6. The highest BCUT2D eigenvalue weighted by Crippen LogP contribution is 2.32. The molecule has 1 saturated carbocycles. The van der Waals surface area contributed by atoms with E-state index >= 15 is 0 Å². The predicted octanol–water partition coefficient (Wildman–Crippen LogP) is 1.64. The van der Waals surface area contributed by atoms with Crippen LogP contribution in [-0.4, -0.2) is 30.2 Å². The summed E-state index contributed by atoms with van der Waals surface area (Å²) in [6, 6.07) is 7.09. The summed E-state index contributed by atoms with van der Waals surface area (Å²) >= 11 is 5.93. The summed E-state index contributed by atoms with van der Waals surface area (Å²) < 4.78 is 0. The Bertz CT molecular complexity index is 421. The van der Waals surface area contributed by atoms with Gasteiger partial charge in [0.15, 0.2) is 0 Å². The highest BCUT2D eigenvalue weighted by Gasteiger charge is 2.29. The average Bonchev–Trinajstić information content (AvgIpc) is 3.16. The molecule has 18 heavy (non-hydrogen) atoms. The number of para-hydroxylation sites is 1. The molecule has 4 nitrogen and oxygen atoms in total. The van der Waals surface area contributed by atoms with Crippen LogP contribution in [0.3, 0.4) is 0 Å². The molecule has 0 aromatic heterocycles. The van der Waals surface area contributed by atoms with E-state index in [-0.39, 0.29) is 18.6 Å². The fourth-order valence-electron chi connectivity index (χ4n) is 1.74. The third kappa shape index (κ3) is 3.98. The summed E-state index contributed by atoms with van der Waals surface area (Å²) in [5.41, 5.74) is 0.605. The summed E-state index contributed by atoms with van der Waals surface area (Å²) in [7, 11) is 0. The highest BCUT2D eigenvalue weighted by molar-refractivity contribution is 6.33. The molecule has 1 unspecified atom stereocenters. The minimum absolute atomic E-state index is 0.161. The van der Waals surface area contributed by atoms with Crippen molar-refractivity contribution in [2.24, 2.45) is 5.92 Å². The Morgan fingerprint density at radius 2 is 2.17 bits per heavy atom. The van der Waals surface area contributed by atoms with Gasteiger partial charge in [-0.05, 0) is 30.9 Å². The first kappa shape index (κ1) is 13.3. The molecule has 1 amide bonds. The lowest BCUT2D eigenvalue weighted by Crippen LogP contribution is -2.34. The molecule has 5 heteroatoms. The van der Waals surface area contributed by atoms with Crippen molar-refractivity contribution in [1.82, 2.24) is 5.32 Å². The fraction of sp³-hybridized carbons (Fsp3) is 0.462. The van der Waals surface area contributed by atoms with Gasteiger partial charge in [-0.25, -0.2) is 0 Å². The number of amides is 1. The van der Waals surface area contributed by atoms with Crippen LogP contribution < -0.4 is 10.6 Å². The van der Waals surface area contributed by atoms with Crippen LogP contribution in [0.1, 0.15) is 12.8 Å². The van der Waals surface area contributed by atoms with Crippen molar-refractivity contribution in [1.29, 1.82) is 0 Å². The van der Waals surface area contributed by atoms with Crippen molar-refractivity contribution in [3.8, 4) is 0 Å². The zero-order chi connectivity index (χ0) is 13.0. The summed E-state index contributed by atoms with van der Waals surface area (Å²) in [5, 5.41) is 15.8. The van der Waals surface area contributed by atoms with Crippen LogP contribution in [0.2, 0.25) is 5.02 Å². The van der Waals surface area contributed by atoms with Gasteiger partial charge >= 0.3 is 0 Å². The molecule has 98 valence electrons. The molecule has 1 aromatic carbocycles. The summed E-state index contributed by atoms with van der Waals surface area (Å²) in [5.74, 6) is 0.259. The number of carbonyl (C=O) groups is 1. The van der Waals surface area contributed by atoms with Crippen LogP contribution in [0.4, 0.5) is 5.69 Å². The lowest BCUT2D eigenvalue weighted by Gasteiger charge is -2.11. The zero-order valence-corrected chi connectivity index (χ0v) is 10.8. The van der Waals surface area contributed by atoms with Gasteiger partial charge < -0.3 is 15.7 Å². The van der Waals surface area contributed by atoms with E-state index in [1.165, 1.54) is 0 Å². The van der Waals surface area contributed by atoms with E-state index < -0.39 is 0 Å². The zero-order valence-electron chi connectivity index (χ0n) is 10.0. The average molecular weight is 269 g/mol. The molecule has 0 saturated heterocycles. The van der Waals surface area contributed by atoms with Crippen molar-refractivity contribution < 1.29 is 9.90 Å². The molecule has 1 aliphatic carbocycles. The topological polar surface area (TPSA) is 61.4 Å². The molecule has 0 spiro atoms. The maximum absolute atomic E-state index is 11.6. The van der Waals surface area contributed by atoms with Gasteiger partial charge in [0.25, 0.3) is 0 Å². The van der Waals surface area contributed by atoms with E-state index in [2.05, 4.69) is 10.6 Å². The first-order valence-electron chi connectivity index (χ1n) is 6.10. The van der Waals surface area contributed by atoms with Gasteiger partial charge in [-0.1, -0.05) is 23.7 Å². The summed E-state index contributed by atoms with van der Waals surface area (Å²) in [6.45, 7) is 0.635. The van der Waals surface area contributed by atoms with Crippen LogP contribution >= 0.6 is 11.6 Å². The number of hydrogen-bond acceptors (Lipinski definition) is 3. The van der Waals surface area contributed by atoms with Gasteiger partial charge in [0.05, 0.1) is 23.4 Å². The van der Waals surface area contributed by atoms with Crippen LogP contribution in [0.5, 0.6) is 0 Å². The number of halogens is 1. The number of aliphatic hydroxyl groups is 1. The standard InChI is InChI=1S/C13H17ClN2O2/c14-10-3-1-2-4-11(10)16-13(18)8-15-7-12(17)9-5-6-9/h1-4,9,12,15,17H,5-8H2,(H,16,18). The second-order valence-corrected chi connectivity index (χ2v) is 4.97. The van der Waals surface area contributed by atoms with Gasteiger partial charge in [-0.2, -0.15) is 0 Å². The maximum Gasteiger partial charge on any atom is 0.238 e. The number of carbonyl (C=O) groups excluding carboxylic acids is 1. The van der Waals surface area contributed by atoms with Crippen LogP contribution in [0.25, 0.3) is 0 Å². The lowest BCUT2D eigenvalue weighted by molar-refractivity contribution is -0.115. The molecule has 0 heterocycles. The van der Waals surface area contributed by atoms with Crippen LogP contribution in [-0.2, 0) is 4.79 Å². The number of benzene rings is 1. The highest BCUT2D eigenvalue weighted by atomic mass is 35.5. The largest absolute Gasteiger partial charge is 0.392 e. The molecule has 0 aliphatic heterocycles. The predicted molar refractivity (Wildman–Crippen MR) is 71.7 cm³/mol. The quantitative estimate of drug-likeness (QED) is 0.735. The van der Waals surface area contributed by atoms with Crippen molar-refractivity contribution in [3.63, 3.8) is 0 Å². The van der Waals surface area contributed by atoms with E-state index in [0.29, 0.717) is 23.2 Å². The van der Waals surface area contributed by atoms with Gasteiger partial charge in [0.1, 0.15) is 0 Å². The molecule has 2 rings (SSSR count). The van der Waals surface area contributed by atoms with Gasteiger partial charge in [0.2, 0.25) is 5.91 Å². The third-order valence-electron chi connectivity index (χ3n) is 2.95. The van der Waals surface area contributed by atoms with Crippen molar-refractivity contribution in [2.75, 3.05) is 18.4 Å². The van der Waals surface area contributed by atoms with Crippen molar-refractivity contribution in [2.45, 2.75) is 18.9 Å². The number of anilines is 1. The maximum atomic E-state index is 11.6. The summed E-state index contributed by atoms with van der Waals surface area (Å²) in [6.07, 6.45) is 1.85. The van der Waals surface area contributed by atoms with E-state index in [9.17, 15) is 9.90 Å². The van der Waals surface area contributed by atoms with E-state index in [4.69, 9.17) is 11.6 Å². The molecule has 1 atom stereocenters. The smallest absolute Gasteiger partial charge is 0.238 e. The van der Waals surface area contributed by atoms with Crippen LogP contribution in [0.15, 0.2) is 24.3 Å². The number of aliphatic hydroxyl groups excluding tert-OH is 1. The Morgan fingerprint density at radius 3 is 2.83 bits per heavy atom. The van der Waals surface area contributed by atoms with E-state index in [1.807, 2.05) is 12.1 Å². The minimum Gasteiger partial charge on any atom is -0.392 e. The molecule has 1 aromatic rings. The van der Waals surface area contributed by atoms with Crippen molar-refractivity contribution in [3.05, 3.63) is 29.3 Å². The third-order valence-corrected chi connectivity index (χ3v) is 3.28. The Labute approximate surface area is 111 Å². The summed E-state index contributed by atoms with van der Waals surface area (Å²) in [4.78, 5) is 11.6. The molecule has 1 aliphatic rings. The second-order valence-electron chi connectivity index (χ2n) is 4.56. The Balaban J connectivity index is 1.70. The molecule has 1 fully saturated rings. The Morgan fingerprint density at radius 1 is 1.44 bits per heavy atom. The van der Waals surface area contributed by atoms with Crippen molar-refractivity contribution >= 4 is 23.2 Å². The molecular formula is C13H17ClN2O2. The van der Waals surface area contributed by atoms with Gasteiger partial charge in [0, 0.05) is 6.54 Å².